The van der Waals surface area contributed by atoms with Crippen molar-refractivity contribution in [2.75, 3.05) is 6.54 Å². The van der Waals surface area contributed by atoms with Gasteiger partial charge in [-0.3, -0.25) is 0 Å². The molecule has 1 aliphatic rings. The lowest BCUT2D eigenvalue weighted by Crippen LogP contribution is -2.38. The summed E-state index contributed by atoms with van der Waals surface area (Å²) in [6.45, 7) is 6.95. The molecule has 0 aliphatic carbocycles. The Morgan fingerprint density at radius 3 is 2.62 bits per heavy atom. The highest BCUT2D eigenvalue weighted by Gasteiger charge is 2.42. The Labute approximate surface area is 98.3 Å². The van der Waals surface area contributed by atoms with Crippen LogP contribution in [-0.4, -0.2) is 23.4 Å². The largest absolute Gasteiger partial charge is 0.349 e. The van der Waals surface area contributed by atoms with E-state index in [1.165, 1.54) is 6.42 Å². The number of unbranched alkanes of at least 4 members (excludes halogenated alkanes) is 2. The van der Waals surface area contributed by atoms with E-state index in [1.807, 2.05) is 6.92 Å². The smallest absolute Gasteiger partial charge is 0.157 e. The van der Waals surface area contributed by atoms with E-state index in [1.54, 1.807) is 5.01 Å². The van der Waals surface area contributed by atoms with Crippen molar-refractivity contribution in [1.82, 2.24) is 5.01 Å². The molecule has 0 aromatic heterocycles. The van der Waals surface area contributed by atoms with Crippen LogP contribution in [0.25, 0.3) is 0 Å². The van der Waals surface area contributed by atoms with Crippen molar-refractivity contribution in [3.63, 3.8) is 0 Å². The van der Waals surface area contributed by atoms with Crippen molar-refractivity contribution in [3.05, 3.63) is 4.91 Å². The van der Waals surface area contributed by atoms with Crippen molar-refractivity contribution >= 4 is 0 Å². The molecule has 0 aromatic rings. The van der Waals surface area contributed by atoms with Crippen molar-refractivity contribution < 1.29 is 4.74 Å². The second kappa shape index (κ2) is 6.18. The first-order chi connectivity index (χ1) is 7.66. The Kier molecular flexibility index (Phi) is 5.19. The molecule has 0 radical (unpaired) electrons. The van der Waals surface area contributed by atoms with Gasteiger partial charge in [0.1, 0.15) is 0 Å². The van der Waals surface area contributed by atoms with Crippen molar-refractivity contribution in [2.45, 2.75) is 71.1 Å². The van der Waals surface area contributed by atoms with Gasteiger partial charge in [-0.1, -0.05) is 33.1 Å². The average Bonchev–Trinajstić information content (AvgIpc) is 2.61. The molecule has 94 valence electrons. The van der Waals surface area contributed by atoms with Crippen LogP contribution in [0.1, 0.15) is 59.3 Å². The SMILES string of the molecule is CCCCC1CN(N=O)C(C)(CCCC)O1. The maximum Gasteiger partial charge on any atom is 0.157 e. The number of hydrogen-bond acceptors (Lipinski definition) is 3. The number of ether oxygens (including phenoxy) is 1. The maximum absolute atomic E-state index is 10.8. The summed E-state index contributed by atoms with van der Waals surface area (Å²) in [7, 11) is 0. The summed E-state index contributed by atoms with van der Waals surface area (Å²) >= 11 is 0. The minimum Gasteiger partial charge on any atom is -0.349 e. The van der Waals surface area contributed by atoms with Crippen LogP contribution in [0, 0.1) is 4.91 Å². The first kappa shape index (κ1) is 13.4. The number of nitroso groups, excluding NO2 is 1. The van der Waals surface area contributed by atoms with Gasteiger partial charge in [0.25, 0.3) is 0 Å². The van der Waals surface area contributed by atoms with E-state index >= 15 is 0 Å². The molecule has 1 aliphatic heterocycles. The van der Waals surface area contributed by atoms with Crippen molar-refractivity contribution in [3.8, 4) is 0 Å². The third-order valence-electron chi connectivity index (χ3n) is 3.32. The maximum atomic E-state index is 10.8. The summed E-state index contributed by atoms with van der Waals surface area (Å²) in [6, 6.07) is 0. The van der Waals surface area contributed by atoms with Gasteiger partial charge in [0.15, 0.2) is 5.72 Å². The Morgan fingerprint density at radius 2 is 2.06 bits per heavy atom. The zero-order chi connectivity index (χ0) is 12.0. The highest BCUT2D eigenvalue weighted by atomic mass is 16.6. The number of hydrogen-bond donors (Lipinski definition) is 0. The molecule has 0 bridgehead atoms. The fourth-order valence-electron chi connectivity index (χ4n) is 2.24. The lowest BCUT2D eigenvalue weighted by Gasteiger charge is -2.29. The standard InChI is InChI=1S/C12H24N2O2/c1-4-6-8-11-10-14(13-15)12(3,16-11)9-7-5-2/h11H,4-10H2,1-3H3. The summed E-state index contributed by atoms with van der Waals surface area (Å²) in [5.41, 5.74) is -0.462. The van der Waals surface area contributed by atoms with Gasteiger partial charge in [0, 0.05) is 0 Å². The van der Waals surface area contributed by atoms with Crippen LogP contribution < -0.4 is 0 Å². The summed E-state index contributed by atoms with van der Waals surface area (Å²) in [4.78, 5) is 10.8. The minimum atomic E-state index is -0.462. The Morgan fingerprint density at radius 1 is 1.38 bits per heavy atom. The molecule has 0 spiro atoms. The van der Waals surface area contributed by atoms with E-state index < -0.39 is 5.72 Å². The Bertz CT molecular complexity index is 223. The summed E-state index contributed by atoms with van der Waals surface area (Å²) in [5.74, 6) is 0. The zero-order valence-electron chi connectivity index (χ0n) is 10.7. The van der Waals surface area contributed by atoms with Crippen LogP contribution in [-0.2, 0) is 4.74 Å². The summed E-state index contributed by atoms with van der Waals surface area (Å²) in [6.07, 6.45) is 6.61. The highest BCUT2D eigenvalue weighted by molar-refractivity contribution is 4.85. The predicted octanol–water partition coefficient (Wildman–Crippen LogP) is 3.47. The number of nitrogens with zero attached hydrogens (tertiary/aromatic N) is 2. The molecule has 1 rings (SSSR count). The van der Waals surface area contributed by atoms with Crippen LogP contribution in [0.4, 0.5) is 0 Å². The molecular weight excluding hydrogens is 204 g/mol. The van der Waals surface area contributed by atoms with Crippen molar-refractivity contribution in [2.24, 2.45) is 5.29 Å². The summed E-state index contributed by atoms with van der Waals surface area (Å²) < 4.78 is 5.99. The molecule has 0 aromatic carbocycles. The molecule has 4 heteroatoms. The van der Waals surface area contributed by atoms with Crippen LogP contribution in [0.5, 0.6) is 0 Å². The molecule has 16 heavy (non-hydrogen) atoms. The lowest BCUT2D eigenvalue weighted by molar-refractivity contribution is -0.0983. The molecule has 0 saturated carbocycles. The Hall–Kier alpha value is -0.640. The molecule has 0 amide bonds. The predicted molar refractivity (Wildman–Crippen MR) is 64.8 cm³/mol. The topological polar surface area (TPSA) is 41.9 Å². The molecule has 4 nitrogen and oxygen atoms in total. The third-order valence-corrected chi connectivity index (χ3v) is 3.32. The minimum absolute atomic E-state index is 0.180. The Balaban J connectivity index is 2.52. The second-order valence-corrected chi connectivity index (χ2v) is 4.82. The molecule has 1 saturated heterocycles. The number of rotatable bonds is 7. The highest BCUT2D eigenvalue weighted by Crippen LogP contribution is 2.33. The fraction of sp³-hybridized carbons (Fsp3) is 1.00. The van der Waals surface area contributed by atoms with Gasteiger partial charge in [-0.05, 0) is 26.2 Å². The fourth-order valence-corrected chi connectivity index (χ4v) is 2.24. The van der Waals surface area contributed by atoms with Crippen LogP contribution in [0.3, 0.4) is 0 Å². The molecule has 1 fully saturated rings. The van der Waals surface area contributed by atoms with Crippen LogP contribution in [0.15, 0.2) is 5.29 Å². The van der Waals surface area contributed by atoms with Gasteiger partial charge in [0.2, 0.25) is 0 Å². The average molecular weight is 228 g/mol. The van der Waals surface area contributed by atoms with Gasteiger partial charge in [-0.25, -0.2) is 5.01 Å². The monoisotopic (exact) mass is 228 g/mol. The van der Waals surface area contributed by atoms with Gasteiger partial charge in [-0.15, -0.1) is 4.91 Å². The van der Waals surface area contributed by atoms with Gasteiger partial charge in [-0.2, -0.15) is 0 Å². The molecule has 1 heterocycles. The van der Waals surface area contributed by atoms with E-state index in [9.17, 15) is 4.91 Å². The lowest BCUT2D eigenvalue weighted by atomic mass is 10.1. The van der Waals surface area contributed by atoms with E-state index in [0.717, 1.165) is 32.1 Å². The van der Waals surface area contributed by atoms with Crippen LogP contribution >= 0.6 is 0 Å². The second-order valence-electron chi connectivity index (χ2n) is 4.82. The van der Waals surface area contributed by atoms with Gasteiger partial charge >= 0.3 is 0 Å². The summed E-state index contributed by atoms with van der Waals surface area (Å²) in [5, 5.41) is 4.70. The van der Waals surface area contributed by atoms with E-state index in [4.69, 9.17) is 4.74 Å². The normalized spacial score (nSPS) is 29.7. The van der Waals surface area contributed by atoms with E-state index in [2.05, 4.69) is 19.1 Å². The molecule has 0 N–H and O–H groups in total. The zero-order valence-corrected chi connectivity index (χ0v) is 10.7. The van der Waals surface area contributed by atoms with Crippen LogP contribution in [0.2, 0.25) is 0 Å². The first-order valence-electron chi connectivity index (χ1n) is 6.45. The quantitative estimate of drug-likeness (QED) is 0.627. The van der Waals surface area contributed by atoms with Crippen molar-refractivity contribution in [1.29, 1.82) is 0 Å². The third kappa shape index (κ3) is 3.17. The van der Waals surface area contributed by atoms with E-state index in [-0.39, 0.29) is 6.10 Å². The molecule has 2 unspecified atom stereocenters. The van der Waals surface area contributed by atoms with Gasteiger partial charge < -0.3 is 4.74 Å². The first-order valence-corrected chi connectivity index (χ1v) is 6.45. The molecular formula is C12H24N2O2. The van der Waals surface area contributed by atoms with Gasteiger partial charge in [0.05, 0.1) is 17.9 Å². The van der Waals surface area contributed by atoms with E-state index in [0.29, 0.717) is 6.54 Å². The molecule has 2 atom stereocenters.